The van der Waals surface area contributed by atoms with E-state index in [1.54, 1.807) is 7.11 Å². The largest absolute Gasteiger partial charge is 0.497 e. The number of alkyl carbamates (subject to hydrolysis) is 1. The number of carbonyl (C=O) groups is 1. The van der Waals surface area contributed by atoms with E-state index in [0.717, 1.165) is 36.5 Å². The molecule has 7 heteroatoms. The third-order valence-corrected chi connectivity index (χ3v) is 6.37. The van der Waals surface area contributed by atoms with Crippen LogP contribution in [0, 0.1) is 5.92 Å². The molecule has 3 aliphatic heterocycles. The summed E-state index contributed by atoms with van der Waals surface area (Å²) in [4.78, 5) is 14.3. The molecule has 7 nitrogen and oxygen atoms in total. The number of nitrogens with zero attached hydrogens (tertiary/aromatic N) is 3. The van der Waals surface area contributed by atoms with Crippen LogP contribution in [0.15, 0.2) is 30.3 Å². The highest BCUT2D eigenvalue weighted by Crippen LogP contribution is 2.42. The van der Waals surface area contributed by atoms with Crippen molar-refractivity contribution in [2.24, 2.45) is 13.0 Å². The fourth-order valence-corrected chi connectivity index (χ4v) is 4.83. The molecular weight excluding hydrogens is 380 g/mol. The fraction of sp³-hybridized carbons (Fsp3) is 0.565. The molecule has 3 saturated heterocycles. The Balaban J connectivity index is 1.43. The van der Waals surface area contributed by atoms with Crippen molar-refractivity contribution in [2.75, 3.05) is 26.8 Å². The first-order valence-electron chi connectivity index (χ1n) is 10.8. The SMILES string of the molecule is COc1ccc(-c2cc([C@H]3CN4CC[C@H]3C[C@@H]4COC(=O)NC(C)C)n(C)n2)cc1. The van der Waals surface area contributed by atoms with Crippen LogP contribution in [-0.4, -0.2) is 59.7 Å². The first-order chi connectivity index (χ1) is 14.4. The van der Waals surface area contributed by atoms with Crippen LogP contribution in [0.3, 0.4) is 0 Å². The molecule has 1 amide bonds. The third kappa shape index (κ3) is 4.31. The maximum atomic E-state index is 11.8. The second-order valence-electron chi connectivity index (χ2n) is 8.74. The summed E-state index contributed by atoms with van der Waals surface area (Å²) in [6.45, 7) is 6.40. The van der Waals surface area contributed by atoms with Crippen molar-refractivity contribution in [3.63, 3.8) is 0 Å². The molecular formula is C23H32N4O3. The van der Waals surface area contributed by atoms with Crippen molar-refractivity contribution in [2.45, 2.75) is 44.7 Å². The monoisotopic (exact) mass is 412 g/mol. The number of aromatic nitrogens is 2. The number of methoxy groups -OCH3 is 1. The van der Waals surface area contributed by atoms with Gasteiger partial charge in [0, 0.05) is 42.9 Å². The van der Waals surface area contributed by atoms with E-state index in [9.17, 15) is 4.79 Å². The topological polar surface area (TPSA) is 68.6 Å². The van der Waals surface area contributed by atoms with Crippen LogP contribution < -0.4 is 10.1 Å². The Kier molecular flexibility index (Phi) is 5.99. The number of aryl methyl sites for hydroxylation is 1. The predicted molar refractivity (Wildman–Crippen MR) is 116 cm³/mol. The van der Waals surface area contributed by atoms with Gasteiger partial charge in [-0.1, -0.05) is 0 Å². The van der Waals surface area contributed by atoms with Crippen molar-refractivity contribution in [1.29, 1.82) is 0 Å². The van der Waals surface area contributed by atoms with Gasteiger partial charge in [-0.15, -0.1) is 0 Å². The zero-order valence-corrected chi connectivity index (χ0v) is 18.3. The second kappa shape index (κ2) is 8.68. The van der Waals surface area contributed by atoms with Crippen molar-refractivity contribution < 1.29 is 14.3 Å². The summed E-state index contributed by atoms with van der Waals surface area (Å²) in [5.74, 6) is 1.91. The average molecular weight is 413 g/mol. The van der Waals surface area contributed by atoms with Crippen molar-refractivity contribution in [3.8, 4) is 17.0 Å². The number of rotatable bonds is 6. The predicted octanol–water partition coefficient (Wildman–Crippen LogP) is 3.41. The number of fused-ring (bicyclic) bond motifs is 3. The summed E-state index contributed by atoms with van der Waals surface area (Å²) in [6.07, 6.45) is 1.92. The molecule has 3 fully saturated rings. The van der Waals surface area contributed by atoms with Gasteiger partial charge in [0.05, 0.1) is 12.8 Å². The lowest BCUT2D eigenvalue weighted by molar-refractivity contribution is -0.00441. The summed E-state index contributed by atoms with van der Waals surface area (Å²) < 4.78 is 12.8. The highest BCUT2D eigenvalue weighted by Gasteiger charge is 2.42. The molecule has 2 aromatic rings. The van der Waals surface area contributed by atoms with Gasteiger partial charge in [-0.25, -0.2) is 4.79 Å². The number of amides is 1. The van der Waals surface area contributed by atoms with Crippen LogP contribution in [0.2, 0.25) is 0 Å². The first-order valence-corrected chi connectivity index (χ1v) is 10.8. The van der Waals surface area contributed by atoms with Crippen LogP contribution in [0.4, 0.5) is 4.79 Å². The van der Waals surface area contributed by atoms with E-state index in [4.69, 9.17) is 14.6 Å². The Morgan fingerprint density at radius 3 is 2.70 bits per heavy atom. The number of piperidine rings is 3. The highest BCUT2D eigenvalue weighted by molar-refractivity contribution is 5.67. The minimum absolute atomic E-state index is 0.0923. The normalized spacial score (nSPS) is 25.4. The van der Waals surface area contributed by atoms with E-state index < -0.39 is 0 Å². The lowest BCUT2D eigenvalue weighted by Gasteiger charge is -2.49. The molecule has 2 bridgehead atoms. The molecule has 3 aliphatic rings. The summed E-state index contributed by atoms with van der Waals surface area (Å²) in [7, 11) is 3.72. The van der Waals surface area contributed by atoms with Gasteiger partial charge in [-0.2, -0.15) is 5.10 Å². The molecule has 1 aromatic heterocycles. The van der Waals surface area contributed by atoms with Crippen molar-refractivity contribution >= 4 is 6.09 Å². The molecule has 1 unspecified atom stereocenters. The number of ether oxygens (including phenoxy) is 2. The molecule has 1 N–H and O–H groups in total. The van der Waals surface area contributed by atoms with Crippen molar-refractivity contribution in [1.82, 2.24) is 20.0 Å². The van der Waals surface area contributed by atoms with Gasteiger partial charge in [0.2, 0.25) is 0 Å². The zero-order chi connectivity index (χ0) is 21.3. The van der Waals surface area contributed by atoms with E-state index in [1.165, 1.54) is 12.1 Å². The molecule has 4 heterocycles. The average Bonchev–Trinajstić information content (AvgIpc) is 3.13. The van der Waals surface area contributed by atoms with Crippen molar-refractivity contribution in [3.05, 3.63) is 36.0 Å². The van der Waals surface area contributed by atoms with E-state index in [1.807, 2.05) is 37.7 Å². The molecule has 0 spiro atoms. The lowest BCUT2D eigenvalue weighted by atomic mass is 9.74. The molecule has 0 saturated carbocycles. The number of hydrogen-bond donors (Lipinski definition) is 1. The van der Waals surface area contributed by atoms with E-state index >= 15 is 0 Å². The smallest absolute Gasteiger partial charge is 0.407 e. The van der Waals surface area contributed by atoms with E-state index in [-0.39, 0.29) is 12.1 Å². The number of carbonyl (C=O) groups excluding carboxylic acids is 1. The van der Waals surface area contributed by atoms with Gasteiger partial charge in [-0.05, 0) is 69.5 Å². The molecule has 5 rings (SSSR count). The Hall–Kier alpha value is -2.54. The van der Waals surface area contributed by atoms with Gasteiger partial charge in [0.25, 0.3) is 0 Å². The Bertz CT molecular complexity index is 877. The molecule has 0 aliphatic carbocycles. The second-order valence-corrected chi connectivity index (χ2v) is 8.74. The molecule has 30 heavy (non-hydrogen) atoms. The quantitative estimate of drug-likeness (QED) is 0.788. The molecule has 0 radical (unpaired) electrons. The summed E-state index contributed by atoms with van der Waals surface area (Å²) in [5, 5.41) is 7.58. The third-order valence-electron chi connectivity index (χ3n) is 6.37. The standard InChI is InChI=1S/C23H32N4O3/c1-15(2)24-23(28)30-14-18-11-17-9-10-27(18)13-20(17)22-12-21(25-26(22)3)16-5-7-19(29-4)8-6-16/h5-8,12,15,17-18,20H,9-11,13-14H2,1-4H3,(H,24,28)/t17-,18+,20-/m0/s1. The Morgan fingerprint density at radius 2 is 2.07 bits per heavy atom. The molecule has 162 valence electrons. The van der Waals surface area contributed by atoms with E-state index in [2.05, 4.69) is 28.4 Å². The number of nitrogens with one attached hydrogen (secondary N) is 1. The van der Waals surface area contributed by atoms with Crippen LogP contribution in [0.1, 0.15) is 38.3 Å². The number of benzene rings is 1. The number of hydrogen-bond acceptors (Lipinski definition) is 5. The fourth-order valence-electron chi connectivity index (χ4n) is 4.83. The van der Waals surface area contributed by atoms with Gasteiger partial charge < -0.3 is 14.8 Å². The van der Waals surface area contributed by atoms with Gasteiger partial charge in [-0.3, -0.25) is 9.58 Å². The zero-order valence-electron chi connectivity index (χ0n) is 18.3. The van der Waals surface area contributed by atoms with E-state index in [0.29, 0.717) is 24.5 Å². The minimum atomic E-state index is -0.319. The summed E-state index contributed by atoms with van der Waals surface area (Å²) in [5.41, 5.74) is 3.38. The van der Waals surface area contributed by atoms with Gasteiger partial charge in [0.1, 0.15) is 12.4 Å². The Labute approximate surface area is 178 Å². The van der Waals surface area contributed by atoms with Gasteiger partial charge in [0.15, 0.2) is 0 Å². The Morgan fingerprint density at radius 1 is 1.30 bits per heavy atom. The maximum Gasteiger partial charge on any atom is 0.407 e. The van der Waals surface area contributed by atoms with Crippen LogP contribution >= 0.6 is 0 Å². The molecule has 4 atom stereocenters. The molecule has 1 aromatic carbocycles. The van der Waals surface area contributed by atoms with Crippen LogP contribution in [0.5, 0.6) is 5.75 Å². The summed E-state index contributed by atoms with van der Waals surface area (Å²) in [6, 6.07) is 10.7. The van der Waals surface area contributed by atoms with Crippen LogP contribution in [0.25, 0.3) is 11.3 Å². The first kappa shape index (κ1) is 20.7. The van der Waals surface area contributed by atoms with Gasteiger partial charge >= 0.3 is 6.09 Å². The highest BCUT2D eigenvalue weighted by atomic mass is 16.5. The lowest BCUT2D eigenvalue weighted by Crippen LogP contribution is -2.54. The van der Waals surface area contributed by atoms with Crippen LogP contribution in [-0.2, 0) is 11.8 Å². The maximum absolute atomic E-state index is 11.8. The minimum Gasteiger partial charge on any atom is -0.497 e. The summed E-state index contributed by atoms with van der Waals surface area (Å²) >= 11 is 0.